The minimum atomic E-state index is 0.227. The Balaban J connectivity index is 2.35. The molecule has 1 amide bonds. The molecule has 1 fully saturated rings. The summed E-state index contributed by atoms with van der Waals surface area (Å²) >= 11 is 0. The number of carbonyl (C=O) groups is 1. The van der Waals surface area contributed by atoms with Crippen LogP contribution in [0.5, 0.6) is 0 Å². The molecular weight excluding hydrogens is 198 g/mol. The van der Waals surface area contributed by atoms with E-state index in [0.29, 0.717) is 6.04 Å². The van der Waals surface area contributed by atoms with Crippen LogP contribution in [-0.4, -0.2) is 11.9 Å². The SMILES string of the molecule is CCC(CC)C(=O)NC1CCCCCCC1. The number of nitrogens with one attached hydrogen (secondary N) is 1. The molecule has 94 valence electrons. The molecule has 0 aromatic rings. The molecule has 0 saturated heterocycles. The van der Waals surface area contributed by atoms with Gasteiger partial charge in [0.15, 0.2) is 0 Å². The van der Waals surface area contributed by atoms with Crippen molar-refractivity contribution in [2.24, 2.45) is 5.92 Å². The Bertz CT molecular complexity index is 191. The van der Waals surface area contributed by atoms with E-state index in [1.165, 1.54) is 44.9 Å². The van der Waals surface area contributed by atoms with Gasteiger partial charge in [0.05, 0.1) is 0 Å². The molecule has 2 nitrogen and oxygen atoms in total. The lowest BCUT2D eigenvalue weighted by Crippen LogP contribution is -2.39. The van der Waals surface area contributed by atoms with Crippen molar-refractivity contribution in [3.05, 3.63) is 0 Å². The third-order valence-corrected chi connectivity index (χ3v) is 3.81. The first-order valence-corrected chi connectivity index (χ1v) is 7.08. The summed E-state index contributed by atoms with van der Waals surface area (Å²) in [6.45, 7) is 4.21. The Labute approximate surface area is 100 Å². The van der Waals surface area contributed by atoms with E-state index in [4.69, 9.17) is 0 Å². The summed E-state index contributed by atoms with van der Waals surface area (Å²) in [4.78, 5) is 12.0. The molecule has 1 saturated carbocycles. The van der Waals surface area contributed by atoms with Gasteiger partial charge in [-0.05, 0) is 25.7 Å². The van der Waals surface area contributed by atoms with Crippen molar-refractivity contribution in [2.75, 3.05) is 0 Å². The van der Waals surface area contributed by atoms with Gasteiger partial charge in [-0.25, -0.2) is 0 Å². The van der Waals surface area contributed by atoms with E-state index in [0.717, 1.165) is 12.8 Å². The van der Waals surface area contributed by atoms with E-state index in [1.807, 2.05) is 0 Å². The molecule has 0 aromatic carbocycles. The zero-order valence-corrected chi connectivity index (χ0v) is 10.9. The summed E-state index contributed by atoms with van der Waals surface area (Å²) in [7, 11) is 0. The van der Waals surface area contributed by atoms with Crippen LogP contribution >= 0.6 is 0 Å². The summed E-state index contributed by atoms with van der Waals surface area (Å²) in [5.41, 5.74) is 0. The Morgan fingerprint density at radius 1 is 1.06 bits per heavy atom. The monoisotopic (exact) mass is 225 g/mol. The molecule has 0 heterocycles. The second-order valence-electron chi connectivity index (χ2n) is 5.06. The molecule has 0 aliphatic heterocycles. The number of hydrogen-bond acceptors (Lipinski definition) is 1. The predicted molar refractivity (Wildman–Crippen MR) is 68.3 cm³/mol. The number of hydrogen-bond donors (Lipinski definition) is 1. The van der Waals surface area contributed by atoms with Gasteiger partial charge in [0.25, 0.3) is 0 Å². The Morgan fingerprint density at radius 2 is 1.56 bits per heavy atom. The summed E-state index contributed by atoms with van der Waals surface area (Å²) in [5.74, 6) is 0.515. The molecule has 0 spiro atoms. The highest BCUT2D eigenvalue weighted by atomic mass is 16.1. The first-order chi connectivity index (χ1) is 7.77. The van der Waals surface area contributed by atoms with E-state index in [1.54, 1.807) is 0 Å². The predicted octanol–water partition coefficient (Wildman–Crippen LogP) is 3.65. The highest BCUT2D eigenvalue weighted by molar-refractivity contribution is 5.78. The third kappa shape index (κ3) is 4.54. The van der Waals surface area contributed by atoms with Crippen molar-refractivity contribution < 1.29 is 4.79 Å². The first-order valence-electron chi connectivity index (χ1n) is 7.08. The molecule has 0 unspecified atom stereocenters. The van der Waals surface area contributed by atoms with E-state index in [2.05, 4.69) is 19.2 Å². The van der Waals surface area contributed by atoms with Gasteiger partial charge >= 0.3 is 0 Å². The molecule has 1 aliphatic carbocycles. The number of rotatable bonds is 4. The van der Waals surface area contributed by atoms with Gasteiger partial charge in [0.1, 0.15) is 0 Å². The average molecular weight is 225 g/mol. The van der Waals surface area contributed by atoms with Crippen molar-refractivity contribution in [2.45, 2.75) is 77.7 Å². The van der Waals surface area contributed by atoms with Crippen molar-refractivity contribution in [3.8, 4) is 0 Å². The number of carbonyl (C=O) groups excluding carboxylic acids is 1. The minimum absolute atomic E-state index is 0.227. The second-order valence-corrected chi connectivity index (χ2v) is 5.06. The third-order valence-electron chi connectivity index (χ3n) is 3.81. The number of amides is 1. The van der Waals surface area contributed by atoms with Gasteiger partial charge in [-0.3, -0.25) is 4.79 Å². The van der Waals surface area contributed by atoms with Crippen LogP contribution < -0.4 is 5.32 Å². The Kier molecular flexibility index (Phi) is 6.51. The van der Waals surface area contributed by atoms with E-state index >= 15 is 0 Å². The molecule has 0 aromatic heterocycles. The lowest BCUT2D eigenvalue weighted by atomic mass is 9.95. The molecular formula is C14H27NO. The van der Waals surface area contributed by atoms with Crippen molar-refractivity contribution in [1.82, 2.24) is 5.32 Å². The van der Waals surface area contributed by atoms with Crippen LogP contribution in [0.3, 0.4) is 0 Å². The van der Waals surface area contributed by atoms with Crippen LogP contribution in [0, 0.1) is 5.92 Å². The topological polar surface area (TPSA) is 29.1 Å². The minimum Gasteiger partial charge on any atom is -0.353 e. The van der Waals surface area contributed by atoms with Crippen molar-refractivity contribution in [1.29, 1.82) is 0 Å². The van der Waals surface area contributed by atoms with Gasteiger partial charge in [0, 0.05) is 12.0 Å². The molecule has 0 bridgehead atoms. The van der Waals surface area contributed by atoms with E-state index in [-0.39, 0.29) is 11.8 Å². The lowest BCUT2D eigenvalue weighted by Gasteiger charge is -2.23. The van der Waals surface area contributed by atoms with Gasteiger partial charge in [-0.15, -0.1) is 0 Å². The van der Waals surface area contributed by atoms with Crippen molar-refractivity contribution >= 4 is 5.91 Å². The van der Waals surface area contributed by atoms with Crippen molar-refractivity contribution in [3.63, 3.8) is 0 Å². The fourth-order valence-corrected chi connectivity index (χ4v) is 2.58. The van der Waals surface area contributed by atoms with Gasteiger partial charge in [-0.2, -0.15) is 0 Å². The first kappa shape index (κ1) is 13.5. The standard InChI is InChI=1S/C14H27NO/c1-3-12(4-2)14(16)15-13-10-8-6-5-7-9-11-13/h12-13H,3-11H2,1-2H3,(H,15,16). The normalized spacial score (nSPS) is 19.2. The molecule has 1 aliphatic rings. The molecule has 1 rings (SSSR count). The smallest absolute Gasteiger partial charge is 0.223 e. The van der Waals surface area contributed by atoms with E-state index < -0.39 is 0 Å². The summed E-state index contributed by atoms with van der Waals surface area (Å²) < 4.78 is 0. The zero-order valence-electron chi connectivity index (χ0n) is 10.9. The van der Waals surface area contributed by atoms with E-state index in [9.17, 15) is 4.79 Å². The van der Waals surface area contributed by atoms with Crippen LogP contribution in [0.2, 0.25) is 0 Å². The van der Waals surface area contributed by atoms with Crippen LogP contribution in [0.25, 0.3) is 0 Å². The van der Waals surface area contributed by atoms with Crippen LogP contribution in [0.1, 0.15) is 71.6 Å². The van der Waals surface area contributed by atoms with Gasteiger partial charge in [0.2, 0.25) is 5.91 Å². The van der Waals surface area contributed by atoms with Crippen LogP contribution in [0.15, 0.2) is 0 Å². The molecule has 16 heavy (non-hydrogen) atoms. The fraction of sp³-hybridized carbons (Fsp3) is 0.929. The second kappa shape index (κ2) is 7.70. The quantitative estimate of drug-likeness (QED) is 0.777. The lowest BCUT2D eigenvalue weighted by molar-refractivity contribution is -0.126. The fourth-order valence-electron chi connectivity index (χ4n) is 2.58. The Morgan fingerprint density at radius 3 is 2.06 bits per heavy atom. The summed E-state index contributed by atoms with van der Waals surface area (Å²) in [5, 5.41) is 3.25. The zero-order chi connectivity index (χ0) is 11.8. The molecule has 1 N–H and O–H groups in total. The summed E-state index contributed by atoms with van der Waals surface area (Å²) in [6.07, 6.45) is 10.9. The Hall–Kier alpha value is -0.530. The maximum atomic E-state index is 12.0. The van der Waals surface area contributed by atoms with Gasteiger partial charge in [-0.1, -0.05) is 46.0 Å². The molecule has 0 atom stereocenters. The van der Waals surface area contributed by atoms with Crippen LogP contribution in [-0.2, 0) is 4.79 Å². The maximum Gasteiger partial charge on any atom is 0.223 e. The highest BCUT2D eigenvalue weighted by Crippen LogP contribution is 2.18. The van der Waals surface area contributed by atoms with Gasteiger partial charge < -0.3 is 5.32 Å². The average Bonchev–Trinajstić information content (AvgIpc) is 2.23. The molecule has 0 radical (unpaired) electrons. The highest BCUT2D eigenvalue weighted by Gasteiger charge is 2.18. The summed E-state index contributed by atoms with van der Waals surface area (Å²) in [6, 6.07) is 0.452. The van der Waals surface area contributed by atoms with Crippen LogP contribution in [0.4, 0.5) is 0 Å². The maximum absolute atomic E-state index is 12.0. The largest absolute Gasteiger partial charge is 0.353 e. The molecule has 2 heteroatoms.